The van der Waals surface area contributed by atoms with Gasteiger partial charge in [-0.15, -0.1) is 8.78 Å². The van der Waals surface area contributed by atoms with Crippen molar-refractivity contribution in [2.75, 3.05) is 0 Å². The molecule has 1 aromatic carbocycles. The van der Waals surface area contributed by atoms with Gasteiger partial charge in [0.15, 0.2) is 4.73 Å². The second-order valence-electron chi connectivity index (χ2n) is 4.22. The van der Waals surface area contributed by atoms with Crippen LogP contribution in [0.4, 0.5) is 22.0 Å². The first kappa shape index (κ1) is 20.1. The Balaban J connectivity index is 2.56. The molecule has 1 atom stereocenters. The van der Waals surface area contributed by atoms with Gasteiger partial charge in [-0.2, -0.15) is 18.2 Å². The molecule has 0 aliphatic heterocycles. The first-order valence-electron chi connectivity index (χ1n) is 5.62. The smallest absolute Gasteiger partial charge is 0.498 e. The largest absolute Gasteiger partial charge is 0.604 e. The van der Waals surface area contributed by atoms with Crippen LogP contribution in [0.5, 0.6) is 0 Å². The van der Waals surface area contributed by atoms with E-state index in [0.29, 0.717) is 12.1 Å². The Morgan fingerprint density at radius 2 is 1.62 bits per heavy atom. The molecule has 2 rings (SSSR count). The van der Waals surface area contributed by atoms with Gasteiger partial charge in [0.05, 0.1) is 38.7 Å². The highest BCUT2D eigenvalue weighted by Crippen LogP contribution is 2.39. The van der Waals surface area contributed by atoms with Crippen LogP contribution in [0.1, 0.15) is 5.56 Å². The summed E-state index contributed by atoms with van der Waals surface area (Å²) < 4.78 is 72.3. The quantitative estimate of drug-likeness (QED) is 0.306. The number of imidazole rings is 1. The molecule has 0 aliphatic carbocycles. The molecule has 24 heavy (non-hydrogen) atoms. The van der Waals surface area contributed by atoms with E-state index in [0.717, 1.165) is 10.8 Å². The second-order valence-corrected chi connectivity index (χ2v) is 7.91. The van der Waals surface area contributed by atoms with Gasteiger partial charge in [-0.1, -0.05) is 23.2 Å². The summed E-state index contributed by atoms with van der Waals surface area (Å²) in [6.07, 6.45) is -3.80. The van der Waals surface area contributed by atoms with Gasteiger partial charge in [0.25, 0.3) is 5.03 Å². The summed E-state index contributed by atoms with van der Waals surface area (Å²) in [6, 6.07) is 1.23. The fourth-order valence-corrected chi connectivity index (χ4v) is 3.76. The van der Waals surface area contributed by atoms with Crippen molar-refractivity contribution in [3.63, 3.8) is 0 Å². The molecule has 3 nitrogen and oxygen atoms in total. The molecule has 132 valence electrons. The molecule has 0 radical (unpaired) electrons. The topological polar surface area (TPSA) is 40.9 Å². The second kappa shape index (κ2) is 6.81. The zero-order valence-corrected chi connectivity index (χ0v) is 15.5. The van der Waals surface area contributed by atoms with E-state index in [2.05, 4.69) is 32.5 Å². The lowest BCUT2D eigenvalue weighted by Crippen LogP contribution is -2.22. The van der Waals surface area contributed by atoms with Gasteiger partial charge in [-0.05, 0) is 28.1 Å². The first-order valence-corrected chi connectivity index (χ1v) is 8.70. The molecular weight excluding hydrogens is 489 g/mol. The number of hydrogen-bond acceptors (Lipinski definition) is 2. The first-order chi connectivity index (χ1) is 10.8. The summed E-state index contributed by atoms with van der Waals surface area (Å²) in [4.78, 5) is 3.58. The highest BCUT2D eigenvalue weighted by atomic mass is 79.9. The lowest BCUT2D eigenvalue weighted by atomic mass is 10.2. The normalized spacial score (nSPS) is 14.1. The number of alkyl halides is 6. The van der Waals surface area contributed by atoms with Gasteiger partial charge in [-0.25, -0.2) is 0 Å². The summed E-state index contributed by atoms with van der Waals surface area (Å²) in [5.41, 5.74) is -1.25. The summed E-state index contributed by atoms with van der Waals surface area (Å²) in [5, 5.41) is -1.44. The molecule has 0 aliphatic rings. The Hall–Kier alpha value is -0.260. The number of aromatic nitrogens is 2. The average molecular weight is 492 g/mol. The summed E-state index contributed by atoms with van der Waals surface area (Å²) in [7, 11) is 0. The van der Waals surface area contributed by atoms with Gasteiger partial charge >= 0.3 is 10.9 Å². The number of nitrogens with zero attached hydrogens (tertiary/aromatic N) is 2. The molecule has 1 aromatic heterocycles. The van der Waals surface area contributed by atoms with Crippen LogP contribution in [-0.4, -0.2) is 18.8 Å². The van der Waals surface area contributed by atoms with E-state index < -0.39 is 42.7 Å². The average Bonchev–Trinajstić information content (AvgIpc) is 2.77. The Kier molecular flexibility index (Phi) is 5.69. The highest BCUT2D eigenvalue weighted by Gasteiger charge is 2.45. The standard InChI is InChI=1S/C11H3BrCl3F5N2OS/c12-9-21-7(24(23)11(15,19)20)3-22(9)8-5(13)1-4(2-6(8)14)10(16,17)18/h1-3H. The number of hydrogen-bond donors (Lipinski definition) is 0. The maximum absolute atomic E-state index is 12.9. The third-order valence-electron chi connectivity index (χ3n) is 2.63. The molecular formula is C11H3BrCl3F5N2OS. The molecule has 0 saturated carbocycles. The Morgan fingerprint density at radius 3 is 2.04 bits per heavy atom. The lowest BCUT2D eigenvalue weighted by Gasteiger charge is -2.13. The van der Waals surface area contributed by atoms with Gasteiger partial charge in [0, 0.05) is 11.6 Å². The molecule has 0 fully saturated rings. The molecule has 1 unspecified atom stereocenters. The predicted octanol–water partition coefficient (Wildman–Crippen LogP) is 5.86. The van der Waals surface area contributed by atoms with E-state index in [1.807, 2.05) is 0 Å². The van der Waals surface area contributed by atoms with Gasteiger partial charge in [0.2, 0.25) is 0 Å². The van der Waals surface area contributed by atoms with Crippen molar-refractivity contribution in [2.24, 2.45) is 0 Å². The van der Waals surface area contributed by atoms with Crippen molar-refractivity contribution in [3.8, 4) is 5.69 Å². The summed E-state index contributed by atoms with van der Waals surface area (Å²) >= 11 is 16.2. The number of halogens is 9. The minimum absolute atomic E-state index is 0.157. The van der Waals surface area contributed by atoms with Crippen LogP contribution in [0.3, 0.4) is 0 Å². The fourth-order valence-electron chi connectivity index (χ4n) is 1.66. The molecule has 0 saturated heterocycles. The van der Waals surface area contributed by atoms with Crippen molar-refractivity contribution in [1.82, 2.24) is 9.55 Å². The van der Waals surface area contributed by atoms with Crippen LogP contribution in [-0.2, 0) is 17.4 Å². The van der Waals surface area contributed by atoms with E-state index in [1.54, 1.807) is 0 Å². The van der Waals surface area contributed by atoms with Crippen LogP contribution in [0.25, 0.3) is 5.69 Å². The van der Waals surface area contributed by atoms with Crippen LogP contribution < -0.4 is 0 Å². The van der Waals surface area contributed by atoms with E-state index >= 15 is 0 Å². The van der Waals surface area contributed by atoms with Gasteiger partial charge < -0.3 is 4.55 Å². The zero-order valence-electron chi connectivity index (χ0n) is 10.8. The van der Waals surface area contributed by atoms with Crippen molar-refractivity contribution in [3.05, 3.63) is 38.7 Å². The number of benzene rings is 1. The van der Waals surface area contributed by atoms with E-state index in [1.165, 1.54) is 0 Å². The van der Waals surface area contributed by atoms with Crippen LogP contribution >= 0.6 is 50.7 Å². The lowest BCUT2D eigenvalue weighted by molar-refractivity contribution is -0.137. The maximum Gasteiger partial charge on any atom is 0.498 e. The van der Waals surface area contributed by atoms with E-state index in [-0.39, 0.29) is 10.4 Å². The fraction of sp³-hybridized carbons (Fsp3) is 0.182. The predicted molar refractivity (Wildman–Crippen MR) is 83.5 cm³/mol. The Morgan fingerprint density at radius 1 is 1.12 bits per heavy atom. The third-order valence-corrected chi connectivity index (χ3v) is 5.18. The molecule has 1 heterocycles. The molecule has 0 N–H and O–H groups in total. The SMILES string of the molecule is [O-][S+](c1cn(-c2c(Cl)cc(C(F)(F)F)cc2Cl)c(Br)n1)C(F)(F)Cl. The summed E-state index contributed by atoms with van der Waals surface area (Å²) in [6.45, 7) is 0. The minimum atomic E-state index is -4.68. The van der Waals surface area contributed by atoms with Gasteiger partial charge in [-0.3, -0.25) is 4.57 Å². The summed E-state index contributed by atoms with van der Waals surface area (Å²) in [5.74, 6) is 0. The molecule has 0 bridgehead atoms. The van der Waals surface area contributed by atoms with E-state index in [4.69, 9.17) is 23.2 Å². The maximum atomic E-state index is 12.9. The molecule has 0 amide bonds. The van der Waals surface area contributed by atoms with Crippen molar-refractivity contribution in [1.29, 1.82) is 0 Å². The van der Waals surface area contributed by atoms with Gasteiger partial charge in [0.1, 0.15) is 0 Å². The molecule has 13 heteroatoms. The minimum Gasteiger partial charge on any atom is -0.604 e. The van der Waals surface area contributed by atoms with Crippen LogP contribution in [0.15, 0.2) is 28.1 Å². The van der Waals surface area contributed by atoms with Crippen molar-refractivity contribution >= 4 is 61.9 Å². The van der Waals surface area contributed by atoms with Crippen LogP contribution in [0, 0.1) is 0 Å². The van der Waals surface area contributed by atoms with E-state index in [9.17, 15) is 26.5 Å². The Labute approximate surface area is 158 Å². The monoisotopic (exact) mass is 490 g/mol. The molecule has 2 aromatic rings. The zero-order chi connectivity index (χ0) is 18.4. The Bertz CT molecular complexity index is 757. The van der Waals surface area contributed by atoms with Crippen LogP contribution in [0.2, 0.25) is 10.0 Å². The number of rotatable bonds is 3. The van der Waals surface area contributed by atoms with Crippen molar-refractivity contribution < 1.29 is 26.5 Å². The highest BCUT2D eigenvalue weighted by molar-refractivity contribution is 9.10. The molecule has 0 spiro atoms. The van der Waals surface area contributed by atoms with Crippen molar-refractivity contribution in [2.45, 2.75) is 15.9 Å². The third kappa shape index (κ3) is 4.10.